The number of nitrogens with one attached hydrogen (secondary N) is 1. The van der Waals surface area contributed by atoms with Crippen molar-refractivity contribution in [2.75, 3.05) is 6.61 Å². The van der Waals surface area contributed by atoms with Gasteiger partial charge in [-0.3, -0.25) is 4.79 Å². The van der Waals surface area contributed by atoms with Crippen LogP contribution in [-0.2, 0) is 16.1 Å². The van der Waals surface area contributed by atoms with Crippen LogP contribution in [0, 0.1) is 0 Å². The lowest BCUT2D eigenvalue weighted by Gasteiger charge is -2.14. The Bertz CT molecular complexity index is 498. The van der Waals surface area contributed by atoms with E-state index in [1.807, 2.05) is 12.1 Å². The van der Waals surface area contributed by atoms with Crippen molar-refractivity contribution in [1.29, 1.82) is 0 Å². The molecule has 0 aromatic carbocycles. The molecule has 5 nitrogen and oxygen atoms in total. The maximum atomic E-state index is 11.9. The van der Waals surface area contributed by atoms with Gasteiger partial charge in [0.1, 0.15) is 12.2 Å². The molecule has 1 aromatic rings. The summed E-state index contributed by atoms with van der Waals surface area (Å²) < 4.78 is 11.2. The van der Waals surface area contributed by atoms with Gasteiger partial charge in [-0.25, -0.2) is 4.98 Å². The van der Waals surface area contributed by atoms with E-state index in [0.29, 0.717) is 19.0 Å². The van der Waals surface area contributed by atoms with E-state index in [0.717, 1.165) is 18.4 Å². The Labute approximate surface area is 131 Å². The molecule has 1 aliphatic rings. The van der Waals surface area contributed by atoms with E-state index in [1.165, 1.54) is 12.8 Å². The van der Waals surface area contributed by atoms with Gasteiger partial charge in [0.25, 0.3) is 0 Å². The Morgan fingerprint density at radius 1 is 1.55 bits per heavy atom. The van der Waals surface area contributed by atoms with Gasteiger partial charge < -0.3 is 14.8 Å². The number of ether oxygens (including phenoxy) is 2. The number of pyridine rings is 1. The van der Waals surface area contributed by atoms with E-state index < -0.39 is 6.10 Å². The van der Waals surface area contributed by atoms with Crippen molar-refractivity contribution in [3.63, 3.8) is 0 Å². The zero-order valence-corrected chi connectivity index (χ0v) is 13.1. The maximum absolute atomic E-state index is 11.9. The molecular formula is C17H24N2O3. The molecule has 1 aromatic heterocycles. The van der Waals surface area contributed by atoms with Gasteiger partial charge in [-0.05, 0) is 44.2 Å². The predicted octanol–water partition coefficient (Wildman–Crippen LogP) is 2.61. The van der Waals surface area contributed by atoms with Crippen LogP contribution >= 0.6 is 0 Å². The summed E-state index contributed by atoms with van der Waals surface area (Å²) >= 11 is 0. The lowest BCUT2D eigenvalue weighted by molar-refractivity contribution is -0.131. The summed E-state index contributed by atoms with van der Waals surface area (Å²) in [5.74, 6) is 0.492. The van der Waals surface area contributed by atoms with Crippen LogP contribution in [0.2, 0.25) is 0 Å². The van der Waals surface area contributed by atoms with Gasteiger partial charge in [-0.2, -0.15) is 0 Å². The average molecular weight is 304 g/mol. The Morgan fingerprint density at radius 3 is 3.05 bits per heavy atom. The second-order valence-electron chi connectivity index (χ2n) is 5.51. The fourth-order valence-corrected chi connectivity index (χ4v) is 2.42. The molecule has 1 amide bonds. The molecule has 2 rings (SSSR count). The third kappa shape index (κ3) is 5.15. The number of rotatable bonds is 8. The monoisotopic (exact) mass is 304 g/mol. The Kier molecular flexibility index (Phi) is 6.40. The highest BCUT2D eigenvalue weighted by Crippen LogP contribution is 2.23. The minimum Gasteiger partial charge on any atom is -0.474 e. The second kappa shape index (κ2) is 8.54. The lowest BCUT2D eigenvalue weighted by Crippen LogP contribution is -2.34. The predicted molar refractivity (Wildman–Crippen MR) is 84.6 cm³/mol. The molecule has 0 saturated heterocycles. The first-order valence-electron chi connectivity index (χ1n) is 7.81. The second-order valence-corrected chi connectivity index (χ2v) is 5.51. The number of hydrogen-bond donors (Lipinski definition) is 1. The van der Waals surface area contributed by atoms with Crippen molar-refractivity contribution >= 4 is 5.91 Å². The van der Waals surface area contributed by atoms with Gasteiger partial charge >= 0.3 is 0 Å². The number of aromatic nitrogens is 1. The van der Waals surface area contributed by atoms with Crippen LogP contribution in [0.5, 0.6) is 5.88 Å². The van der Waals surface area contributed by atoms with Gasteiger partial charge in [0, 0.05) is 18.8 Å². The first kappa shape index (κ1) is 16.5. The highest BCUT2D eigenvalue weighted by Gasteiger charge is 2.17. The summed E-state index contributed by atoms with van der Waals surface area (Å²) in [6.07, 6.45) is 7.77. The zero-order chi connectivity index (χ0) is 15.8. The van der Waals surface area contributed by atoms with Crippen LogP contribution in [0.25, 0.3) is 0 Å². The van der Waals surface area contributed by atoms with E-state index in [2.05, 4.69) is 16.9 Å². The van der Waals surface area contributed by atoms with Crippen molar-refractivity contribution in [2.45, 2.75) is 51.4 Å². The van der Waals surface area contributed by atoms with Gasteiger partial charge in [-0.1, -0.05) is 6.08 Å². The molecule has 1 saturated carbocycles. The number of amides is 1. The van der Waals surface area contributed by atoms with Crippen LogP contribution in [0.3, 0.4) is 0 Å². The molecule has 5 heteroatoms. The highest BCUT2D eigenvalue weighted by molar-refractivity contribution is 5.80. The summed E-state index contributed by atoms with van der Waals surface area (Å²) in [6, 6.07) is 3.75. The Hall–Kier alpha value is -1.88. The molecule has 120 valence electrons. The van der Waals surface area contributed by atoms with E-state index >= 15 is 0 Å². The zero-order valence-electron chi connectivity index (χ0n) is 13.1. The molecule has 1 fully saturated rings. The van der Waals surface area contributed by atoms with E-state index in [9.17, 15) is 4.79 Å². The number of carbonyl (C=O) groups excluding carboxylic acids is 1. The SMILES string of the molecule is C=CCOC(C)C(=O)NCc1ccnc(OC2CCCC2)c1. The lowest BCUT2D eigenvalue weighted by atomic mass is 10.2. The summed E-state index contributed by atoms with van der Waals surface area (Å²) in [5, 5.41) is 2.85. The molecule has 0 radical (unpaired) electrons. The molecule has 1 aliphatic carbocycles. The van der Waals surface area contributed by atoms with Crippen LogP contribution in [0.1, 0.15) is 38.2 Å². The number of nitrogens with zero attached hydrogens (tertiary/aromatic N) is 1. The fraction of sp³-hybridized carbons (Fsp3) is 0.529. The van der Waals surface area contributed by atoms with E-state index in [1.54, 1.807) is 19.2 Å². The largest absolute Gasteiger partial charge is 0.474 e. The highest BCUT2D eigenvalue weighted by atomic mass is 16.5. The van der Waals surface area contributed by atoms with Gasteiger partial charge in [-0.15, -0.1) is 6.58 Å². The van der Waals surface area contributed by atoms with Crippen molar-refractivity contribution in [1.82, 2.24) is 10.3 Å². The van der Waals surface area contributed by atoms with E-state index in [-0.39, 0.29) is 12.0 Å². The third-order valence-corrected chi connectivity index (χ3v) is 3.69. The van der Waals surface area contributed by atoms with Crippen LogP contribution in [-0.4, -0.2) is 29.7 Å². The van der Waals surface area contributed by atoms with Crippen molar-refractivity contribution in [2.24, 2.45) is 0 Å². The van der Waals surface area contributed by atoms with E-state index in [4.69, 9.17) is 9.47 Å². The third-order valence-electron chi connectivity index (χ3n) is 3.69. The molecule has 1 heterocycles. The van der Waals surface area contributed by atoms with Crippen molar-refractivity contribution in [3.05, 3.63) is 36.5 Å². The molecule has 22 heavy (non-hydrogen) atoms. The van der Waals surface area contributed by atoms with Crippen LogP contribution in [0.4, 0.5) is 0 Å². The van der Waals surface area contributed by atoms with Crippen LogP contribution in [0.15, 0.2) is 31.0 Å². The molecular weight excluding hydrogens is 280 g/mol. The number of carbonyl (C=O) groups is 1. The molecule has 1 atom stereocenters. The summed E-state index contributed by atoms with van der Waals surface area (Å²) in [7, 11) is 0. The smallest absolute Gasteiger partial charge is 0.249 e. The normalized spacial score (nSPS) is 16.2. The van der Waals surface area contributed by atoms with Crippen molar-refractivity contribution < 1.29 is 14.3 Å². The Morgan fingerprint density at radius 2 is 2.32 bits per heavy atom. The molecule has 0 aliphatic heterocycles. The topological polar surface area (TPSA) is 60.5 Å². The summed E-state index contributed by atoms with van der Waals surface area (Å²) in [4.78, 5) is 16.1. The standard InChI is InChI=1S/C17H24N2O3/c1-3-10-21-13(2)17(20)19-12-14-8-9-18-16(11-14)22-15-6-4-5-7-15/h3,8-9,11,13,15H,1,4-7,10,12H2,2H3,(H,19,20). The van der Waals surface area contributed by atoms with Crippen molar-refractivity contribution in [3.8, 4) is 5.88 Å². The molecule has 0 bridgehead atoms. The van der Waals surface area contributed by atoms with Gasteiger partial charge in [0.2, 0.25) is 11.8 Å². The molecule has 0 spiro atoms. The molecule has 1 unspecified atom stereocenters. The minimum absolute atomic E-state index is 0.142. The average Bonchev–Trinajstić information content (AvgIpc) is 3.03. The first-order valence-corrected chi connectivity index (χ1v) is 7.81. The maximum Gasteiger partial charge on any atom is 0.249 e. The van der Waals surface area contributed by atoms with Gasteiger partial charge in [0.15, 0.2) is 0 Å². The summed E-state index contributed by atoms with van der Waals surface area (Å²) in [5.41, 5.74) is 0.965. The Balaban J connectivity index is 1.82. The summed E-state index contributed by atoms with van der Waals surface area (Å²) in [6.45, 7) is 6.08. The minimum atomic E-state index is -0.492. The quantitative estimate of drug-likeness (QED) is 0.750. The van der Waals surface area contributed by atoms with Gasteiger partial charge in [0.05, 0.1) is 6.61 Å². The number of hydrogen-bond acceptors (Lipinski definition) is 4. The first-order chi connectivity index (χ1) is 10.7. The molecule has 1 N–H and O–H groups in total. The van der Waals surface area contributed by atoms with Crippen LogP contribution < -0.4 is 10.1 Å². The fourth-order valence-electron chi connectivity index (χ4n) is 2.42.